The van der Waals surface area contributed by atoms with Gasteiger partial charge in [-0.2, -0.15) is 0 Å². The molecule has 0 radical (unpaired) electrons. The van der Waals surface area contributed by atoms with E-state index in [4.69, 9.17) is 4.74 Å². The highest BCUT2D eigenvalue weighted by Crippen LogP contribution is 2.20. The molecule has 0 bridgehead atoms. The second-order valence-corrected chi connectivity index (χ2v) is 4.86. The summed E-state index contributed by atoms with van der Waals surface area (Å²) in [6, 6.07) is 14.2. The number of carbonyl (C=O) groups is 1. The third-order valence-corrected chi connectivity index (χ3v) is 3.17. The highest BCUT2D eigenvalue weighted by atomic mass is 16.5. The lowest BCUT2D eigenvalue weighted by atomic mass is 10.3. The minimum absolute atomic E-state index is 0.286. The SMILES string of the molecule is COc1cccc(Nc2ccc(NC(=O)c3cccnc3)nn2)c1. The molecule has 0 aliphatic heterocycles. The number of nitrogens with zero attached hydrogens (tertiary/aromatic N) is 3. The van der Waals surface area contributed by atoms with Crippen molar-refractivity contribution in [3.05, 3.63) is 66.5 Å². The van der Waals surface area contributed by atoms with Crippen LogP contribution in [-0.2, 0) is 0 Å². The van der Waals surface area contributed by atoms with E-state index in [0.717, 1.165) is 11.4 Å². The number of ether oxygens (including phenoxy) is 1. The van der Waals surface area contributed by atoms with Crippen LogP contribution in [0.2, 0.25) is 0 Å². The fraction of sp³-hybridized carbons (Fsp3) is 0.0588. The Morgan fingerprint density at radius 2 is 1.88 bits per heavy atom. The zero-order valence-electron chi connectivity index (χ0n) is 12.9. The second kappa shape index (κ2) is 7.19. The van der Waals surface area contributed by atoms with E-state index in [2.05, 4.69) is 25.8 Å². The van der Waals surface area contributed by atoms with Crippen LogP contribution in [0.1, 0.15) is 10.4 Å². The molecular weight excluding hydrogens is 306 g/mol. The first-order chi connectivity index (χ1) is 11.7. The standard InChI is InChI=1S/C17H15N5O2/c1-24-14-6-2-5-13(10-14)19-15-7-8-16(22-21-15)20-17(23)12-4-3-9-18-11-12/h2-11H,1H3,(H,19,21)(H,20,22,23). The van der Waals surface area contributed by atoms with Crippen molar-refractivity contribution in [2.75, 3.05) is 17.7 Å². The summed E-state index contributed by atoms with van der Waals surface area (Å²) in [5.41, 5.74) is 1.29. The first kappa shape index (κ1) is 15.4. The minimum atomic E-state index is -0.286. The highest BCUT2D eigenvalue weighted by Gasteiger charge is 2.07. The van der Waals surface area contributed by atoms with Gasteiger partial charge in [-0.1, -0.05) is 6.07 Å². The monoisotopic (exact) mass is 321 g/mol. The molecule has 7 nitrogen and oxygen atoms in total. The van der Waals surface area contributed by atoms with Gasteiger partial charge in [0.15, 0.2) is 11.6 Å². The van der Waals surface area contributed by atoms with Gasteiger partial charge in [-0.25, -0.2) is 0 Å². The Kier molecular flexibility index (Phi) is 4.62. The number of anilines is 3. The number of hydrogen-bond donors (Lipinski definition) is 2. The van der Waals surface area contributed by atoms with E-state index in [9.17, 15) is 4.79 Å². The van der Waals surface area contributed by atoms with Crippen LogP contribution in [0.4, 0.5) is 17.3 Å². The van der Waals surface area contributed by atoms with Crippen LogP contribution >= 0.6 is 0 Å². The van der Waals surface area contributed by atoms with Gasteiger partial charge < -0.3 is 15.4 Å². The maximum absolute atomic E-state index is 12.0. The first-order valence-electron chi connectivity index (χ1n) is 7.21. The Morgan fingerprint density at radius 3 is 2.58 bits per heavy atom. The van der Waals surface area contributed by atoms with Gasteiger partial charge in [0.05, 0.1) is 12.7 Å². The van der Waals surface area contributed by atoms with Crippen molar-refractivity contribution in [3.63, 3.8) is 0 Å². The number of methoxy groups -OCH3 is 1. The zero-order chi connectivity index (χ0) is 16.8. The van der Waals surface area contributed by atoms with Crippen LogP contribution in [0.3, 0.4) is 0 Å². The Morgan fingerprint density at radius 1 is 1.04 bits per heavy atom. The molecule has 2 aromatic heterocycles. The van der Waals surface area contributed by atoms with Crippen molar-refractivity contribution in [1.82, 2.24) is 15.2 Å². The quantitative estimate of drug-likeness (QED) is 0.751. The molecule has 1 aromatic carbocycles. The van der Waals surface area contributed by atoms with Crippen LogP contribution in [0.25, 0.3) is 0 Å². The first-order valence-corrected chi connectivity index (χ1v) is 7.21. The number of nitrogens with one attached hydrogen (secondary N) is 2. The van der Waals surface area contributed by atoms with Crippen molar-refractivity contribution < 1.29 is 9.53 Å². The number of hydrogen-bond acceptors (Lipinski definition) is 6. The summed E-state index contributed by atoms with van der Waals surface area (Å²) in [5, 5.41) is 13.8. The number of benzene rings is 1. The van der Waals surface area contributed by atoms with E-state index in [1.54, 1.807) is 37.6 Å². The minimum Gasteiger partial charge on any atom is -0.497 e. The number of amides is 1. The molecule has 0 saturated carbocycles. The normalized spacial score (nSPS) is 10.0. The van der Waals surface area contributed by atoms with Gasteiger partial charge in [0.25, 0.3) is 5.91 Å². The molecule has 2 N–H and O–H groups in total. The summed E-state index contributed by atoms with van der Waals surface area (Å²) in [6.45, 7) is 0. The summed E-state index contributed by atoms with van der Waals surface area (Å²) >= 11 is 0. The smallest absolute Gasteiger partial charge is 0.258 e. The number of carbonyl (C=O) groups excluding carboxylic acids is 1. The Hall–Kier alpha value is -3.48. The van der Waals surface area contributed by atoms with E-state index in [1.807, 2.05) is 24.3 Å². The fourth-order valence-electron chi connectivity index (χ4n) is 2.00. The van der Waals surface area contributed by atoms with E-state index >= 15 is 0 Å². The average Bonchev–Trinajstić information content (AvgIpc) is 2.64. The van der Waals surface area contributed by atoms with Crippen molar-refractivity contribution in [2.45, 2.75) is 0 Å². The third kappa shape index (κ3) is 3.83. The molecule has 0 unspecified atom stereocenters. The lowest BCUT2D eigenvalue weighted by molar-refractivity contribution is 0.102. The summed E-state index contributed by atoms with van der Waals surface area (Å²) in [4.78, 5) is 15.9. The molecule has 0 atom stereocenters. The van der Waals surface area contributed by atoms with E-state index in [-0.39, 0.29) is 5.91 Å². The highest BCUT2D eigenvalue weighted by molar-refractivity contribution is 6.03. The molecule has 3 aromatic rings. The predicted molar refractivity (Wildman–Crippen MR) is 90.5 cm³/mol. The molecule has 3 rings (SSSR count). The van der Waals surface area contributed by atoms with E-state index in [1.165, 1.54) is 6.20 Å². The summed E-state index contributed by atoms with van der Waals surface area (Å²) in [6.07, 6.45) is 3.09. The number of aromatic nitrogens is 3. The maximum atomic E-state index is 12.0. The van der Waals surface area contributed by atoms with Crippen molar-refractivity contribution >= 4 is 23.2 Å². The molecule has 24 heavy (non-hydrogen) atoms. The molecule has 120 valence electrons. The summed E-state index contributed by atoms with van der Waals surface area (Å²) in [5.74, 6) is 1.38. The van der Waals surface area contributed by atoms with Crippen LogP contribution in [0, 0.1) is 0 Å². The molecule has 2 heterocycles. The van der Waals surface area contributed by atoms with E-state index < -0.39 is 0 Å². The van der Waals surface area contributed by atoms with Crippen molar-refractivity contribution in [1.29, 1.82) is 0 Å². The summed E-state index contributed by atoms with van der Waals surface area (Å²) in [7, 11) is 1.61. The number of rotatable bonds is 5. The Balaban J connectivity index is 1.66. The van der Waals surface area contributed by atoms with Gasteiger partial charge in [0.2, 0.25) is 0 Å². The fourth-order valence-corrected chi connectivity index (χ4v) is 2.00. The van der Waals surface area contributed by atoms with Crippen LogP contribution < -0.4 is 15.4 Å². The second-order valence-electron chi connectivity index (χ2n) is 4.86. The van der Waals surface area contributed by atoms with Crippen LogP contribution in [0.5, 0.6) is 5.75 Å². The predicted octanol–water partition coefficient (Wildman–Crippen LogP) is 2.88. The summed E-state index contributed by atoms with van der Waals surface area (Å²) < 4.78 is 5.17. The Labute approximate surface area is 138 Å². The van der Waals surface area contributed by atoms with Gasteiger partial charge in [0.1, 0.15) is 5.75 Å². The van der Waals surface area contributed by atoms with Gasteiger partial charge in [0, 0.05) is 24.1 Å². The molecule has 0 fully saturated rings. The van der Waals surface area contributed by atoms with Crippen molar-refractivity contribution in [2.24, 2.45) is 0 Å². The zero-order valence-corrected chi connectivity index (χ0v) is 12.9. The molecule has 0 saturated heterocycles. The molecule has 1 amide bonds. The van der Waals surface area contributed by atoms with E-state index in [0.29, 0.717) is 17.2 Å². The third-order valence-electron chi connectivity index (χ3n) is 3.17. The lowest BCUT2D eigenvalue weighted by Crippen LogP contribution is -2.13. The molecule has 0 spiro atoms. The van der Waals surface area contributed by atoms with Gasteiger partial charge in [-0.3, -0.25) is 9.78 Å². The number of pyridine rings is 1. The Bertz CT molecular complexity index is 822. The molecule has 7 heteroatoms. The average molecular weight is 321 g/mol. The van der Waals surface area contributed by atoms with Crippen LogP contribution in [0.15, 0.2) is 60.9 Å². The van der Waals surface area contributed by atoms with Crippen LogP contribution in [-0.4, -0.2) is 28.2 Å². The van der Waals surface area contributed by atoms with Gasteiger partial charge >= 0.3 is 0 Å². The lowest BCUT2D eigenvalue weighted by Gasteiger charge is -2.08. The molecule has 0 aliphatic rings. The topological polar surface area (TPSA) is 89.0 Å². The van der Waals surface area contributed by atoms with Crippen molar-refractivity contribution in [3.8, 4) is 5.75 Å². The maximum Gasteiger partial charge on any atom is 0.258 e. The van der Waals surface area contributed by atoms with Gasteiger partial charge in [-0.15, -0.1) is 10.2 Å². The molecule has 0 aliphatic carbocycles. The largest absolute Gasteiger partial charge is 0.497 e. The van der Waals surface area contributed by atoms with Gasteiger partial charge in [-0.05, 0) is 36.4 Å². The molecular formula is C17H15N5O2.